The van der Waals surface area contributed by atoms with E-state index in [0.29, 0.717) is 0 Å². The van der Waals surface area contributed by atoms with Crippen molar-refractivity contribution in [2.75, 3.05) is 53.0 Å². The van der Waals surface area contributed by atoms with E-state index in [1.165, 1.54) is 56.8 Å². The van der Waals surface area contributed by atoms with Gasteiger partial charge in [-0.05, 0) is 31.9 Å². The molecule has 1 aromatic carbocycles. The van der Waals surface area contributed by atoms with Gasteiger partial charge in [0.15, 0.2) is 0 Å². The van der Waals surface area contributed by atoms with Crippen molar-refractivity contribution in [3.63, 3.8) is 0 Å². The van der Waals surface area contributed by atoms with Crippen molar-refractivity contribution >= 4 is 0 Å². The molecule has 0 aliphatic carbocycles. The first kappa shape index (κ1) is 14.1. The van der Waals surface area contributed by atoms with Gasteiger partial charge in [-0.1, -0.05) is 29.8 Å². The van der Waals surface area contributed by atoms with Gasteiger partial charge in [0.1, 0.15) is 0 Å². The minimum absolute atomic E-state index is 0.739. The fourth-order valence-electron chi connectivity index (χ4n) is 3.34. The molecule has 3 heteroatoms. The molecular formula is C17H27N3. The number of hydrogen-bond acceptors (Lipinski definition) is 3. The van der Waals surface area contributed by atoms with E-state index in [4.69, 9.17) is 0 Å². The van der Waals surface area contributed by atoms with E-state index in [9.17, 15) is 0 Å². The van der Waals surface area contributed by atoms with Crippen LogP contribution in [0.15, 0.2) is 24.3 Å². The molecule has 0 bridgehead atoms. The first-order chi connectivity index (χ1) is 9.70. The Morgan fingerprint density at radius 3 is 2.35 bits per heavy atom. The Morgan fingerprint density at radius 2 is 1.65 bits per heavy atom. The third kappa shape index (κ3) is 3.40. The monoisotopic (exact) mass is 273 g/mol. The lowest BCUT2D eigenvalue weighted by molar-refractivity contribution is 0.0952. The Balaban J connectivity index is 1.50. The van der Waals surface area contributed by atoms with Crippen LogP contribution in [0.5, 0.6) is 0 Å². The maximum absolute atomic E-state index is 2.63. The molecule has 0 aromatic heterocycles. The summed E-state index contributed by atoms with van der Waals surface area (Å²) < 4.78 is 0. The molecule has 2 heterocycles. The van der Waals surface area contributed by atoms with E-state index in [1.54, 1.807) is 0 Å². The first-order valence-corrected chi connectivity index (χ1v) is 7.90. The lowest BCUT2D eigenvalue weighted by Gasteiger charge is -2.34. The highest BCUT2D eigenvalue weighted by Gasteiger charge is 2.25. The van der Waals surface area contributed by atoms with Crippen molar-refractivity contribution < 1.29 is 0 Å². The van der Waals surface area contributed by atoms with Gasteiger partial charge in [0.05, 0.1) is 6.67 Å². The SMILES string of the molecule is Cc1ccc(C2CCN(CN3CCN(C)CC3)C2)cc1. The number of rotatable bonds is 3. The molecule has 2 aliphatic rings. The predicted octanol–water partition coefficient (Wildman–Crippen LogP) is 1.99. The molecule has 1 aromatic rings. The number of nitrogens with zero attached hydrogens (tertiary/aromatic N) is 3. The fraction of sp³-hybridized carbons (Fsp3) is 0.647. The summed E-state index contributed by atoms with van der Waals surface area (Å²) in [6.45, 7) is 10.7. The number of likely N-dealkylation sites (tertiary alicyclic amines) is 1. The van der Waals surface area contributed by atoms with Gasteiger partial charge in [0, 0.05) is 39.3 Å². The minimum atomic E-state index is 0.739. The van der Waals surface area contributed by atoms with Gasteiger partial charge >= 0.3 is 0 Å². The third-order valence-electron chi connectivity index (χ3n) is 4.82. The number of piperazine rings is 1. The van der Waals surface area contributed by atoms with Crippen LogP contribution in [0.25, 0.3) is 0 Å². The molecule has 0 amide bonds. The van der Waals surface area contributed by atoms with Crippen LogP contribution in [0.2, 0.25) is 0 Å². The fourth-order valence-corrected chi connectivity index (χ4v) is 3.34. The van der Waals surface area contributed by atoms with Gasteiger partial charge in [-0.25, -0.2) is 0 Å². The third-order valence-corrected chi connectivity index (χ3v) is 4.82. The summed E-state index contributed by atoms with van der Waals surface area (Å²) in [6.07, 6.45) is 1.32. The van der Waals surface area contributed by atoms with E-state index in [1.807, 2.05) is 0 Å². The smallest absolute Gasteiger partial charge is 0.0507 e. The zero-order chi connectivity index (χ0) is 13.9. The molecule has 110 valence electrons. The van der Waals surface area contributed by atoms with Crippen LogP contribution < -0.4 is 0 Å². The van der Waals surface area contributed by atoms with Crippen LogP contribution in [-0.4, -0.2) is 67.7 Å². The number of likely N-dealkylation sites (N-methyl/N-ethyl adjacent to an activating group) is 1. The molecule has 0 radical (unpaired) electrons. The molecule has 2 saturated heterocycles. The molecule has 3 rings (SSSR count). The van der Waals surface area contributed by atoms with E-state index in [-0.39, 0.29) is 0 Å². The molecule has 1 atom stereocenters. The van der Waals surface area contributed by atoms with Crippen LogP contribution in [0.4, 0.5) is 0 Å². The molecule has 0 spiro atoms. The normalized spacial score (nSPS) is 26.2. The minimum Gasteiger partial charge on any atom is -0.304 e. The lowest BCUT2D eigenvalue weighted by Crippen LogP contribution is -2.48. The van der Waals surface area contributed by atoms with Crippen molar-refractivity contribution in [2.24, 2.45) is 0 Å². The molecular weight excluding hydrogens is 246 g/mol. The molecule has 1 unspecified atom stereocenters. The van der Waals surface area contributed by atoms with Gasteiger partial charge in [0.25, 0.3) is 0 Å². The number of aryl methyl sites for hydroxylation is 1. The average Bonchev–Trinajstić information content (AvgIpc) is 2.91. The van der Waals surface area contributed by atoms with E-state index in [0.717, 1.165) is 12.6 Å². The maximum Gasteiger partial charge on any atom is 0.0507 e. The molecule has 20 heavy (non-hydrogen) atoms. The van der Waals surface area contributed by atoms with E-state index in [2.05, 4.69) is 52.9 Å². The van der Waals surface area contributed by atoms with Gasteiger partial charge in [-0.15, -0.1) is 0 Å². The van der Waals surface area contributed by atoms with Crippen LogP contribution in [0.3, 0.4) is 0 Å². The summed E-state index contributed by atoms with van der Waals surface area (Å²) in [5.74, 6) is 0.739. The van der Waals surface area contributed by atoms with Gasteiger partial charge in [-0.2, -0.15) is 0 Å². The van der Waals surface area contributed by atoms with Crippen LogP contribution in [0.1, 0.15) is 23.5 Å². The topological polar surface area (TPSA) is 9.72 Å². The average molecular weight is 273 g/mol. The van der Waals surface area contributed by atoms with Gasteiger partial charge in [-0.3, -0.25) is 9.80 Å². The second-order valence-corrected chi connectivity index (χ2v) is 6.54. The number of hydrogen-bond donors (Lipinski definition) is 0. The summed E-state index contributed by atoms with van der Waals surface area (Å²) in [5, 5.41) is 0. The Morgan fingerprint density at radius 1 is 0.950 bits per heavy atom. The van der Waals surface area contributed by atoms with E-state index < -0.39 is 0 Å². The molecule has 2 aliphatic heterocycles. The van der Waals surface area contributed by atoms with Gasteiger partial charge < -0.3 is 4.90 Å². The standard InChI is InChI=1S/C17H27N3/c1-15-3-5-16(6-4-15)17-7-8-20(13-17)14-19-11-9-18(2)10-12-19/h3-6,17H,7-14H2,1-2H3. The Hall–Kier alpha value is -0.900. The zero-order valence-corrected chi connectivity index (χ0v) is 12.9. The summed E-state index contributed by atoms with van der Waals surface area (Å²) in [4.78, 5) is 7.67. The molecule has 3 nitrogen and oxygen atoms in total. The molecule has 0 N–H and O–H groups in total. The Bertz CT molecular complexity index is 420. The number of benzene rings is 1. The summed E-state index contributed by atoms with van der Waals surface area (Å²) in [5.41, 5.74) is 2.89. The van der Waals surface area contributed by atoms with Crippen molar-refractivity contribution in [3.8, 4) is 0 Å². The second-order valence-electron chi connectivity index (χ2n) is 6.54. The van der Waals surface area contributed by atoms with E-state index >= 15 is 0 Å². The van der Waals surface area contributed by atoms with Crippen molar-refractivity contribution in [1.82, 2.24) is 14.7 Å². The summed E-state index contributed by atoms with van der Waals surface area (Å²) in [7, 11) is 2.22. The molecule has 2 fully saturated rings. The summed E-state index contributed by atoms with van der Waals surface area (Å²) >= 11 is 0. The Kier molecular flexibility index (Phi) is 4.39. The predicted molar refractivity (Wildman–Crippen MR) is 84.0 cm³/mol. The van der Waals surface area contributed by atoms with Crippen LogP contribution >= 0.6 is 0 Å². The van der Waals surface area contributed by atoms with Gasteiger partial charge in [0.2, 0.25) is 0 Å². The maximum atomic E-state index is 2.63. The van der Waals surface area contributed by atoms with Crippen molar-refractivity contribution in [1.29, 1.82) is 0 Å². The van der Waals surface area contributed by atoms with Crippen molar-refractivity contribution in [3.05, 3.63) is 35.4 Å². The zero-order valence-electron chi connectivity index (χ0n) is 12.9. The van der Waals surface area contributed by atoms with Crippen molar-refractivity contribution in [2.45, 2.75) is 19.3 Å². The highest BCUT2D eigenvalue weighted by atomic mass is 15.3. The Labute approximate surface area is 123 Å². The lowest BCUT2D eigenvalue weighted by atomic mass is 9.98. The second kappa shape index (κ2) is 6.25. The molecule has 0 saturated carbocycles. The van der Waals surface area contributed by atoms with Crippen LogP contribution in [-0.2, 0) is 0 Å². The largest absolute Gasteiger partial charge is 0.304 e. The van der Waals surface area contributed by atoms with Crippen LogP contribution in [0, 0.1) is 6.92 Å². The first-order valence-electron chi connectivity index (χ1n) is 7.90. The highest BCUT2D eigenvalue weighted by molar-refractivity contribution is 5.25. The quantitative estimate of drug-likeness (QED) is 0.834. The summed E-state index contributed by atoms with van der Waals surface area (Å²) in [6, 6.07) is 9.13. The highest BCUT2D eigenvalue weighted by Crippen LogP contribution is 2.27.